The van der Waals surface area contributed by atoms with Gasteiger partial charge in [0.1, 0.15) is 23.0 Å². The normalized spacial score (nSPS) is 15.5. The Hall–Kier alpha value is -2.11. The van der Waals surface area contributed by atoms with Crippen molar-refractivity contribution in [1.29, 1.82) is 0 Å². The third-order valence-corrected chi connectivity index (χ3v) is 3.21. The Kier molecular flexibility index (Phi) is 4.39. The Bertz CT molecular complexity index is 597. The molecule has 0 saturated heterocycles. The van der Waals surface area contributed by atoms with Crippen molar-refractivity contribution < 1.29 is 23.4 Å². The zero-order valence-electron chi connectivity index (χ0n) is 12.8. The summed E-state index contributed by atoms with van der Waals surface area (Å²) in [7, 11) is 0. The summed E-state index contributed by atoms with van der Waals surface area (Å²) < 4.78 is 32.9. The van der Waals surface area contributed by atoms with Crippen LogP contribution in [0, 0.1) is 11.6 Å². The SMILES string of the molecule is CC(C)(C)OC(=O)N1CC=C(c2c(F)cc(O)cc2F)CC1. The molecule has 4 nitrogen and oxygen atoms in total. The van der Waals surface area contributed by atoms with E-state index in [0.717, 1.165) is 12.1 Å². The van der Waals surface area contributed by atoms with Crippen LogP contribution < -0.4 is 0 Å². The molecule has 6 heteroatoms. The largest absolute Gasteiger partial charge is 0.508 e. The first-order valence-electron chi connectivity index (χ1n) is 7.03. The number of carbonyl (C=O) groups excluding carboxylic acids is 1. The molecule has 1 amide bonds. The van der Waals surface area contributed by atoms with Crippen molar-refractivity contribution in [3.63, 3.8) is 0 Å². The van der Waals surface area contributed by atoms with Gasteiger partial charge in [0, 0.05) is 30.8 Å². The van der Waals surface area contributed by atoms with Gasteiger partial charge in [-0.3, -0.25) is 0 Å². The van der Waals surface area contributed by atoms with E-state index in [0.29, 0.717) is 18.5 Å². The maximum absolute atomic E-state index is 13.8. The van der Waals surface area contributed by atoms with E-state index in [4.69, 9.17) is 4.74 Å². The summed E-state index contributed by atoms with van der Waals surface area (Å²) >= 11 is 0. The summed E-state index contributed by atoms with van der Waals surface area (Å²) in [5.41, 5.74) is -0.257. The highest BCUT2D eigenvalue weighted by Gasteiger charge is 2.25. The van der Waals surface area contributed by atoms with Crippen LogP contribution in [0.5, 0.6) is 5.75 Å². The Morgan fingerprint density at radius 1 is 1.27 bits per heavy atom. The number of benzene rings is 1. The molecular weight excluding hydrogens is 292 g/mol. The molecule has 0 aromatic heterocycles. The van der Waals surface area contributed by atoms with Crippen LogP contribution >= 0.6 is 0 Å². The highest BCUT2D eigenvalue weighted by molar-refractivity contribution is 5.73. The van der Waals surface area contributed by atoms with Gasteiger partial charge in [0.2, 0.25) is 0 Å². The van der Waals surface area contributed by atoms with E-state index in [1.54, 1.807) is 26.8 Å². The second-order valence-electron chi connectivity index (χ2n) is 6.19. The molecule has 0 saturated carbocycles. The average Bonchev–Trinajstić information content (AvgIpc) is 2.36. The van der Waals surface area contributed by atoms with Crippen molar-refractivity contribution >= 4 is 11.7 Å². The lowest BCUT2D eigenvalue weighted by atomic mass is 9.98. The van der Waals surface area contributed by atoms with Crippen LogP contribution in [-0.2, 0) is 4.74 Å². The molecule has 0 spiro atoms. The first kappa shape index (κ1) is 16.3. The van der Waals surface area contributed by atoms with Crippen LogP contribution in [0.25, 0.3) is 5.57 Å². The van der Waals surface area contributed by atoms with Gasteiger partial charge in [-0.25, -0.2) is 13.6 Å². The molecule has 1 heterocycles. The number of ether oxygens (including phenoxy) is 1. The quantitative estimate of drug-likeness (QED) is 0.860. The summed E-state index contributed by atoms with van der Waals surface area (Å²) in [6.07, 6.45) is 1.47. The van der Waals surface area contributed by atoms with Crippen LogP contribution in [0.4, 0.5) is 13.6 Å². The fraction of sp³-hybridized carbons (Fsp3) is 0.438. The zero-order valence-corrected chi connectivity index (χ0v) is 12.8. The van der Waals surface area contributed by atoms with Crippen molar-refractivity contribution in [2.75, 3.05) is 13.1 Å². The standard InChI is InChI=1S/C16H19F2NO3/c1-16(2,3)22-15(21)19-6-4-10(5-7-19)14-12(17)8-11(20)9-13(14)18/h4,8-9,20H,5-7H2,1-3H3. The molecule has 0 unspecified atom stereocenters. The van der Waals surface area contributed by atoms with Crippen molar-refractivity contribution in [2.45, 2.75) is 32.8 Å². The Morgan fingerprint density at radius 3 is 2.32 bits per heavy atom. The molecule has 1 aliphatic heterocycles. The van der Waals surface area contributed by atoms with E-state index < -0.39 is 29.1 Å². The summed E-state index contributed by atoms with van der Waals surface area (Å²) in [6, 6.07) is 1.75. The molecule has 0 fully saturated rings. The van der Waals surface area contributed by atoms with Crippen molar-refractivity contribution in [1.82, 2.24) is 4.90 Å². The smallest absolute Gasteiger partial charge is 0.410 e. The molecule has 1 aliphatic rings. The molecule has 1 aromatic carbocycles. The van der Waals surface area contributed by atoms with E-state index in [1.807, 2.05) is 0 Å². The molecule has 120 valence electrons. The third-order valence-electron chi connectivity index (χ3n) is 3.21. The highest BCUT2D eigenvalue weighted by atomic mass is 19.1. The summed E-state index contributed by atoms with van der Waals surface area (Å²) in [5.74, 6) is -2.07. The van der Waals surface area contributed by atoms with Gasteiger partial charge in [-0.15, -0.1) is 0 Å². The maximum Gasteiger partial charge on any atom is 0.410 e. The molecule has 1 N–H and O–H groups in total. The van der Waals surface area contributed by atoms with E-state index >= 15 is 0 Å². The maximum atomic E-state index is 13.8. The zero-order chi connectivity index (χ0) is 16.5. The van der Waals surface area contributed by atoms with Gasteiger partial charge in [-0.1, -0.05) is 6.08 Å². The minimum absolute atomic E-state index is 0.151. The van der Waals surface area contributed by atoms with Crippen LogP contribution in [0.2, 0.25) is 0 Å². The Balaban J connectivity index is 2.14. The van der Waals surface area contributed by atoms with E-state index in [-0.39, 0.29) is 12.1 Å². The van der Waals surface area contributed by atoms with Gasteiger partial charge in [-0.2, -0.15) is 0 Å². The third kappa shape index (κ3) is 3.75. The van der Waals surface area contributed by atoms with E-state index in [2.05, 4.69) is 0 Å². The molecular formula is C16H19F2NO3. The first-order chi connectivity index (χ1) is 10.2. The number of rotatable bonds is 1. The van der Waals surface area contributed by atoms with Crippen LogP contribution in [0.15, 0.2) is 18.2 Å². The average molecular weight is 311 g/mol. The Labute approximate surface area is 128 Å². The predicted octanol–water partition coefficient (Wildman–Crippen LogP) is 3.69. The number of amides is 1. The number of phenolic OH excluding ortho intramolecular Hbond substituents is 1. The van der Waals surface area contributed by atoms with Gasteiger partial charge < -0.3 is 14.7 Å². The number of hydrogen-bond acceptors (Lipinski definition) is 3. The molecule has 1 aromatic rings. The van der Waals surface area contributed by atoms with Crippen LogP contribution in [-0.4, -0.2) is 34.8 Å². The van der Waals surface area contributed by atoms with Gasteiger partial charge in [0.25, 0.3) is 0 Å². The lowest BCUT2D eigenvalue weighted by molar-refractivity contribution is 0.0270. The van der Waals surface area contributed by atoms with Crippen molar-refractivity contribution in [3.8, 4) is 5.75 Å². The monoisotopic (exact) mass is 311 g/mol. The first-order valence-corrected chi connectivity index (χ1v) is 7.03. The number of aromatic hydroxyl groups is 1. The Morgan fingerprint density at radius 2 is 1.86 bits per heavy atom. The lowest BCUT2D eigenvalue weighted by Crippen LogP contribution is -2.39. The second-order valence-corrected chi connectivity index (χ2v) is 6.19. The van der Waals surface area contributed by atoms with Crippen molar-refractivity contribution in [2.24, 2.45) is 0 Å². The lowest BCUT2D eigenvalue weighted by Gasteiger charge is -2.29. The molecule has 2 rings (SSSR count). The molecule has 0 aliphatic carbocycles. The van der Waals surface area contributed by atoms with Crippen molar-refractivity contribution in [3.05, 3.63) is 35.4 Å². The minimum atomic E-state index is -0.811. The molecule has 0 radical (unpaired) electrons. The fourth-order valence-electron chi connectivity index (χ4n) is 2.26. The number of phenols is 1. The van der Waals surface area contributed by atoms with Gasteiger partial charge in [0.15, 0.2) is 0 Å². The van der Waals surface area contributed by atoms with Gasteiger partial charge in [-0.05, 0) is 32.8 Å². The van der Waals surface area contributed by atoms with Gasteiger partial charge >= 0.3 is 6.09 Å². The number of carbonyl (C=O) groups is 1. The highest BCUT2D eigenvalue weighted by Crippen LogP contribution is 2.30. The minimum Gasteiger partial charge on any atom is -0.508 e. The van der Waals surface area contributed by atoms with Crippen LogP contribution in [0.1, 0.15) is 32.8 Å². The number of halogens is 2. The summed E-state index contributed by atoms with van der Waals surface area (Å²) in [5, 5.41) is 9.17. The summed E-state index contributed by atoms with van der Waals surface area (Å²) in [4.78, 5) is 13.4. The van der Waals surface area contributed by atoms with E-state index in [9.17, 15) is 18.7 Å². The molecule has 0 bridgehead atoms. The summed E-state index contributed by atoms with van der Waals surface area (Å²) in [6.45, 7) is 5.87. The second kappa shape index (κ2) is 5.94. The number of hydrogen-bond donors (Lipinski definition) is 1. The van der Waals surface area contributed by atoms with Gasteiger partial charge in [0.05, 0.1) is 0 Å². The molecule has 0 atom stereocenters. The molecule has 22 heavy (non-hydrogen) atoms. The topological polar surface area (TPSA) is 49.8 Å². The predicted molar refractivity (Wildman–Crippen MR) is 78.4 cm³/mol. The van der Waals surface area contributed by atoms with E-state index in [1.165, 1.54) is 4.90 Å². The number of nitrogens with zero attached hydrogens (tertiary/aromatic N) is 1. The fourth-order valence-corrected chi connectivity index (χ4v) is 2.26. The van der Waals surface area contributed by atoms with Crippen LogP contribution in [0.3, 0.4) is 0 Å².